The predicted molar refractivity (Wildman–Crippen MR) is 84.7 cm³/mol. The standard InChI is InChI=1S/C16H18N2O6/c1-22-12-5-3-11(13(9-12)23-2)4-6-15(20)24-10-14(19)18-8-7-17-16(18)21/h3-6,9H,7-8,10H2,1-2H3,(H,17,21)/b6-4+. The van der Waals surface area contributed by atoms with Crippen molar-refractivity contribution in [3.8, 4) is 11.5 Å². The Balaban J connectivity index is 1.91. The summed E-state index contributed by atoms with van der Waals surface area (Å²) in [6, 6.07) is 4.65. The van der Waals surface area contributed by atoms with Gasteiger partial charge in [-0.15, -0.1) is 0 Å². The minimum Gasteiger partial charge on any atom is -0.497 e. The van der Waals surface area contributed by atoms with Gasteiger partial charge in [-0.1, -0.05) is 0 Å². The summed E-state index contributed by atoms with van der Waals surface area (Å²) in [4.78, 5) is 35.7. The van der Waals surface area contributed by atoms with E-state index in [0.717, 1.165) is 4.90 Å². The van der Waals surface area contributed by atoms with Crippen molar-refractivity contribution in [3.05, 3.63) is 29.8 Å². The van der Waals surface area contributed by atoms with E-state index in [4.69, 9.17) is 14.2 Å². The van der Waals surface area contributed by atoms with Gasteiger partial charge in [0.1, 0.15) is 11.5 Å². The fourth-order valence-electron chi connectivity index (χ4n) is 2.08. The van der Waals surface area contributed by atoms with Gasteiger partial charge >= 0.3 is 12.0 Å². The number of hydrogen-bond donors (Lipinski definition) is 1. The number of esters is 1. The van der Waals surface area contributed by atoms with E-state index >= 15 is 0 Å². The average molecular weight is 334 g/mol. The lowest BCUT2D eigenvalue weighted by Gasteiger charge is -2.11. The first kappa shape index (κ1) is 17.3. The molecule has 1 fully saturated rings. The molecule has 0 spiro atoms. The number of rotatable bonds is 6. The van der Waals surface area contributed by atoms with Gasteiger partial charge in [0.05, 0.1) is 14.2 Å². The molecule has 2 rings (SSSR count). The number of carbonyl (C=O) groups is 3. The van der Waals surface area contributed by atoms with Crippen molar-refractivity contribution in [1.82, 2.24) is 10.2 Å². The van der Waals surface area contributed by atoms with Gasteiger partial charge < -0.3 is 19.5 Å². The Morgan fingerprint density at radius 2 is 2.08 bits per heavy atom. The minimum absolute atomic E-state index is 0.272. The molecular formula is C16H18N2O6. The third-order valence-corrected chi connectivity index (χ3v) is 3.34. The Morgan fingerprint density at radius 1 is 1.29 bits per heavy atom. The maximum absolute atomic E-state index is 11.7. The quantitative estimate of drug-likeness (QED) is 0.611. The number of hydrogen-bond acceptors (Lipinski definition) is 6. The van der Waals surface area contributed by atoms with Gasteiger partial charge in [-0.3, -0.25) is 9.69 Å². The van der Waals surface area contributed by atoms with Gasteiger partial charge in [-0.25, -0.2) is 9.59 Å². The monoisotopic (exact) mass is 334 g/mol. The van der Waals surface area contributed by atoms with Crippen LogP contribution in [0.1, 0.15) is 5.56 Å². The molecule has 0 bridgehead atoms. The SMILES string of the molecule is COc1ccc(/C=C/C(=O)OCC(=O)N2CCNC2=O)c(OC)c1. The molecule has 3 amide bonds. The van der Waals surface area contributed by atoms with Gasteiger partial charge in [-0.2, -0.15) is 0 Å². The molecule has 24 heavy (non-hydrogen) atoms. The predicted octanol–water partition coefficient (Wildman–Crippen LogP) is 0.812. The summed E-state index contributed by atoms with van der Waals surface area (Å²) >= 11 is 0. The highest BCUT2D eigenvalue weighted by Crippen LogP contribution is 2.25. The maximum atomic E-state index is 11.7. The van der Waals surface area contributed by atoms with E-state index < -0.39 is 24.5 Å². The molecule has 0 atom stereocenters. The lowest BCUT2D eigenvalue weighted by molar-refractivity contribution is -0.146. The van der Waals surface area contributed by atoms with Crippen LogP contribution in [0.15, 0.2) is 24.3 Å². The second-order valence-electron chi connectivity index (χ2n) is 4.83. The zero-order valence-corrected chi connectivity index (χ0v) is 13.4. The van der Waals surface area contributed by atoms with E-state index in [1.807, 2.05) is 0 Å². The summed E-state index contributed by atoms with van der Waals surface area (Å²) in [6.07, 6.45) is 2.69. The van der Waals surface area contributed by atoms with Crippen molar-refractivity contribution in [1.29, 1.82) is 0 Å². The van der Waals surface area contributed by atoms with Gasteiger partial charge in [0.2, 0.25) is 0 Å². The van der Waals surface area contributed by atoms with E-state index in [-0.39, 0.29) is 6.54 Å². The van der Waals surface area contributed by atoms with Gasteiger partial charge in [0.25, 0.3) is 5.91 Å². The molecule has 1 aromatic rings. The molecule has 0 aromatic heterocycles. The van der Waals surface area contributed by atoms with Crippen LogP contribution in [0.3, 0.4) is 0 Å². The van der Waals surface area contributed by atoms with Crippen LogP contribution >= 0.6 is 0 Å². The molecule has 0 saturated carbocycles. The molecule has 0 unspecified atom stereocenters. The van der Waals surface area contributed by atoms with Crippen LogP contribution in [0, 0.1) is 0 Å². The fourth-order valence-corrected chi connectivity index (χ4v) is 2.08. The molecule has 0 aliphatic carbocycles. The number of amides is 3. The van der Waals surface area contributed by atoms with E-state index in [0.29, 0.717) is 23.6 Å². The molecule has 1 aliphatic heterocycles. The summed E-state index contributed by atoms with van der Waals surface area (Å²) < 4.78 is 15.1. The summed E-state index contributed by atoms with van der Waals surface area (Å²) in [5.41, 5.74) is 0.653. The molecular weight excluding hydrogens is 316 g/mol. The van der Waals surface area contributed by atoms with E-state index in [1.165, 1.54) is 19.3 Å². The van der Waals surface area contributed by atoms with E-state index in [2.05, 4.69) is 5.32 Å². The normalized spacial score (nSPS) is 13.8. The van der Waals surface area contributed by atoms with Crippen molar-refractivity contribution >= 4 is 24.0 Å². The maximum Gasteiger partial charge on any atom is 0.331 e. The molecule has 8 heteroatoms. The number of ether oxygens (including phenoxy) is 3. The average Bonchev–Trinajstić information content (AvgIpc) is 3.03. The summed E-state index contributed by atoms with van der Waals surface area (Å²) in [7, 11) is 3.05. The second kappa shape index (κ2) is 8.00. The van der Waals surface area contributed by atoms with Crippen LogP contribution in [0.25, 0.3) is 6.08 Å². The summed E-state index contributed by atoms with van der Waals surface area (Å²) in [5.74, 6) is -0.0983. The fraction of sp³-hybridized carbons (Fsp3) is 0.312. The molecule has 1 N–H and O–H groups in total. The molecule has 0 radical (unpaired) electrons. The second-order valence-corrected chi connectivity index (χ2v) is 4.83. The van der Waals surface area contributed by atoms with Gasteiger partial charge in [0.15, 0.2) is 6.61 Å². The Labute approximate surface area is 139 Å². The lowest BCUT2D eigenvalue weighted by Crippen LogP contribution is -2.37. The van der Waals surface area contributed by atoms with E-state index in [9.17, 15) is 14.4 Å². The molecule has 128 valence electrons. The van der Waals surface area contributed by atoms with Crippen LogP contribution in [0.4, 0.5) is 4.79 Å². The number of urea groups is 1. The van der Waals surface area contributed by atoms with Crippen molar-refractivity contribution in [3.63, 3.8) is 0 Å². The number of methoxy groups -OCH3 is 2. The first-order valence-electron chi connectivity index (χ1n) is 7.20. The zero-order valence-electron chi connectivity index (χ0n) is 13.4. The largest absolute Gasteiger partial charge is 0.497 e. The smallest absolute Gasteiger partial charge is 0.331 e. The van der Waals surface area contributed by atoms with Crippen LogP contribution in [0.5, 0.6) is 11.5 Å². The first-order chi connectivity index (χ1) is 11.5. The van der Waals surface area contributed by atoms with Crippen molar-refractivity contribution in [2.45, 2.75) is 0 Å². The zero-order chi connectivity index (χ0) is 17.5. The van der Waals surface area contributed by atoms with E-state index in [1.54, 1.807) is 25.3 Å². The van der Waals surface area contributed by atoms with Crippen molar-refractivity contribution in [2.24, 2.45) is 0 Å². The van der Waals surface area contributed by atoms with Crippen LogP contribution in [-0.2, 0) is 14.3 Å². The van der Waals surface area contributed by atoms with Crippen molar-refractivity contribution in [2.75, 3.05) is 33.9 Å². The van der Waals surface area contributed by atoms with Gasteiger partial charge in [-0.05, 0) is 18.2 Å². The van der Waals surface area contributed by atoms with Crippen molar-refractivity contribution < 1.29 is 28.6 Å². The molecule has 1 saturated heterocycles. The Kier molecular flexibility index (Phi) is 5.78. The third kappa shape index (κ3) is 4.25. The number of nitrogens with one attached hydrogen (secondary N) is 1. The minimum atomic E-state index is -0.694. The molecule has 1 aromatic carbocycles. The lowest BCUT2D eigenvalue weighted by atomic mass is 10.2. The Bertz CT molecular complexity index is 671. The number of nitrogens with zero attached hydrogens (tertiary/aromatic N) is 1. The topological polar surface area (TPSA) is 94.2 Å². The molecule has 8 nitrogen and oxygen atoms in total. The number of carbonyl (C=O) groups excluding carboxylic acids is 3. The number of benzene rings is 1. The highest BCUT2D eigenvalue weighted by molar-refractivity contribution is 5.97. The summed E-state index contributed by atoms with van der Waals surface area (Å²) in [5, 5.41) is 2.49. The Hall–Kier alpha value is -3.03. The highest BCUT2D eigenvalue weighted by Gasteiger charge is 2.26. The summed E-state index contributed by atoms with van der Waals surface area (Å²) in [6.45, 7) is 0.181. The highest BCUT2D eigenvalue weighted by atomic mass is 16.5. The Morgan fingerprint density at radius 3 is 2.71 bits per heavy atom. The first-order valence-corrected chi connectivity index (χ1v) is 7.20. The number of imide groups is 1. The van der Waals surface area contributed by atoms with Crippen LogP contribution in [0.2, 0.25) is 0 Å². The molecule has 1 heterocycles. The third-order valence-electron chi connectivity index (χ3n) is 3.34. The van der Waals surface area contributed by atoms with Crippen LogP contribution in [-0.4, -0.2) is 56.7 Å². The van der Waals surface area contributed by atoms with Gasteiger partial charge in [0, 0.05) is 30.8 Å². The molecule has 1 aliphatic rings. The van der Waals surface area contributed by atoms with Crippen LogP contribution < -0.4 is 14.8 Å².